The Hall–Kier alpha value is -2.01. The third-order valence-corrected chi connectivity index (χ3v) is 3.92. The first-order chi connectivity index (χ1) is 9.68. The molecule has 0 spiro atoms. The first kappa shape index (κ1) is 13.0. The van der Waals surface area contributed by atoms with Crippen molar-refractivity contribution >= 4 is 33.6 Å². The van der Waals surface area contributed by atoms with Crippen LogP contribution in [0.25, 0.3) is 0 Å². The molecule has 2 heterocycles. The Labute approximate surface area is 124 Å². The molecule has 0 saturated carbocycles. The van der Waals surface area contributed by atoms with Crippen LogP contribution in [0.2, 0.25) is 0 Å². The Bertz CT molecular complexity index is 673. The molecule has 1 aromatic heterocycles. The summed E-state index contributed by atoms with van der Waals surface area (Å²) in [6.45, 7) is 0. The largest absolute Gasteiger partial charge is 0.274 e. The topological polar surface area (TPSA) is 50.3 Å². The van der Waals surface area contributed by atoms with Crippen LogP contribution >= 0.6 is 15.9 Å². The molecule has 0 aliphatic carbocycles. The number of imide groups is 1. The van der Waals surface area contributed by atoms with Gasteiger partial charge in [0.05, 0.1) is 10.4 Å². The summed E-state index contributed by atoms with van der Waals surface area (Å²) in [7, 11) is 0. The molecule has 1 aliphatic heterocycles. The van der Waals surface area contributed by atoms with Crippen molar-refractivity contribution in [1.82, 2.24) is 4.98 Å². The average Bonchev–Trinajstić information content (AvgIpc) is 2.76. The predicted molar refractivity (Wildman–Crippen MR) is 78.2 cm³/mol. The van der Waals surface area contributed by atoms with Gasteiger partial charge in [0.1, 0.15) is 0 Å². The van der Waals surface area contributed by atoms with Crippen molar-refractivity contribution in [3.05, 3.63) is 58.7 Å². The van der Waals surface area contributed by atoms with Gasteiger partial charge in [0.25, 0.3) is 0 Å². The minimum Gasteiger partial charge on any atom is -0.274 e. The van der Waals surface area contributed by atoms with Crippen LogP contribution in [0.15, 0.2) is 53.1 Å². The second kappa shape index (κ2) is 5.17. The molecule has 0 N–H and O–H groups in total. The zero-order chi connectivity index (χ0) is 14.1. The van der Waals surface area contributed by atoms with E-state index in [0.717, 1.165) is 5.56 Å². The molecule has 1 fully saturated rings. The van der Waals surface area contributed by atoms with Crippen molar-refractivity contribution in [1.29, 1.82) is 0 Å². The molecule has 3 rings (SSSR count). The van der Waals surface area contributed by atoms with Gasteiger partial charge in [0.15, 0.2) is 5.82 Å². The third-order valence-electron chi connectivity index (χ3n) is 3.30. The van der Waals surface area contributed by atoms with Crippen molar-refractivity contribution in [3.8, 4) is 0 Å². The van der Waals surface area contributed by atoms with Gasteiger partial charge in [-0.25, -0.2) is 9.88 Å². The fourth-order valence-corrected chi connectivity index (χ4v) is 2.77. The van der Waals surface area contributed by atoms with Crippen LogP contribution in [0.5, 0.6) is 0 Å². The molecule has 2 amide bonds. The van der Waals surface area contributed by atoms with E-state index >= 15 is 0 Å². The van der Waals surface area contributed by atoms with Crippen LogP contribution in [-0.2, 0) is 9.59 Å². The molecular formula is C15H11BrN2O2. The number of aromatic nitrogens is 1. The lowest BCUT2D eigenvalue weighted by atomic mass is 9.98. The van der Waals surface area contributed by atoms with E-state index in [9.17, 15) is 9.59 Å². The minimum absolute atomic E-state index is 0.186. The van der Waals surface area contributed by atoms with Crippen LogP contribution in [0.1, 0.15) is 17.9 Å². The summed E-state index contributed by atoms with van der Waals surface area (Å²) in [5.74, 6) is -0.498. The van der Waals surface area contributed by atoms with E-state index in [1.165, 1.54) is 4.90 Å². The van der Waals surface area contributed by atoms with Gasteiger partial charge < -0.3 is 0 Å². The highest BCUT2D eigenvalue weighted by atomic mass is 79.9. The number of hydrogen-bond acceptors (Lipinski definition) is 3. The molecule has 1 aliphatic rings. The molecular weight excluding hydrogens is 320 g/mol. The lowest BCUT2D eigenvalue weighted by Gasteiger charge is -2.15. The van der Waals surface area contributed by atoms with Crippen molar-refractivity contribution in [3.63, 3.8) is 0 Å². The highest BCUT2D eigenvalue weighted by Gasteiger charge is 2.41. The van der Waals surface area contributed by atoms with Crippen LogP contribution in [-0.4, -0.2) is 16.8 Å². The maximum absolute atomic E-state index is 12.5. The Morgan fingerprint density at radius 3 is 2.55 bits per heavy atom. The fourth-order valence-electron chi connectivity index (χ4n) is 2.34. The Morgan fingerprint density at radius 1 is 1.10 bits per heavy atom. The lowest BCUT2D eigenvalue weighted by molar-refractivity contribution is -0.121. The number of halogens is 1. The maximum atomic E-state index is 12.5. The van der Waals surface area contributed by atoms with Crippen molar-refractivity contribution in [2.45, 2.75) is 12.3 Å². The summed E-state index contributed by atoms with van der Waals surface area (Å²) in [5.41, 5.74) is 0.861. The highest BCUT2D eigenvalue weighted by Crippen LogP contribution is 2.34. The van der Waals surface area contributed by atoms with Gasteiger partial charge in [0, 0.05) is 12.6 Å². The monoisotopic (exact) mass is 330 g/mol. The van der Waals surface area contributed by atoms with Gasteiger partial charge in [-0.2, -0.15) is 0 Å². The van der Waals surface area contributed by atoms with E-state index in [2.05, 4.69) is 20.9 Å². The molecule has 5 heteroatoms. The Kier molecular flexibility index (Phi) is 3.36. The summed E-state index contributed by atoms with van der Waals surface area (Å²) < 4.78 is 0.635. The molecule has 1 saturated heterocycles. The number of amides is 2. The first-order valence-corrected chi connectivity index (χ1v) is 7.00. The summed E-state index contributed by atoms with van der Waals surface area (Å²) in [5, 5.41) is 0. The van der Waals surface area contributed by atoms with Gasteiger partial charge in [0.2, 0.25) is 11.8 Å². The molecule has 20 heavy (non-hydrogen) atoms. The maximum Gasteiger partial charge on any atom is 0.243 e. The number of hydrogen-bond donors (Lipinski definition) is 0. The second-order valence-corrected chi connectivity index (χ2v) is 5.40. The first-order valence-electron chi connectivity index (χ1n) is 6.21. The summed E-state index contributed by atoms with van der Waals surface area (Å²) >= 11 is 3.33. The quantitative estimate of drug-likeness (QED) is 0.795. The van der Waals surface area contributed by atoms with Crippen molar-refractivity contribution in [2.24, 2.45) is 0 Å². The SMILES string of the molecule is O=C1CC(c2ccccc2)C(=O)N1c1ncccc1Br. The number of nitrogens with zero attached hydrogens (tertiary/aromatic N) is 2. The van der Waals surface area contributed by atoms with E-state index in [0.29, 0.717) is 10.3 Å². The van der Waals surface area contributed by atoms with Gasteiger partial charge in [-0.05, 0) is 33.6 Å². The molecule has 0 radical (unpaired) electrons. The fraction of sp³-hybridized carbons (Fsp3) is 0.133. The van der Waals surface area contributed by atoms with Gasteiger partial charge >= 0.3 is 0 Å². The number of pyridine rings is 1. The number of carbonyl (C=O) groups is 2. The summed E-state index contributed by atoms with van der Waals surface area (Å²) in [6.07, 6.45) is 1.75. The number of benzene rings is 1. The molecule has 2 aromatic rings. The minimum atomic E-state index is -0.419. The standard InChI is InChI=1S/C15H11BrN2O2/c16-12-7-4-8-17-14(12)18-13(19)9-11(15(18)20)10-5-2-1-3-6-10/h1-8,11H,9H2. The van der Waals surface area contributed by atoms with Gasteiger partial charge in [-0.15, -0.1) is 0 Å². The smallest absolute Gasteiger partial charge is 0.243 e. The Morgan fingerprint density at radius 2 is 1.85 bits per heavy atom. The van der Waals surface area contributed by atoms with E-state index in [1.54, 1.807) is 18.3 Å². The van der Waals surface area contributed by atoms with Gasteiger partial charge in [-0.3, -0.25) is 9.59 Å². The lowest BCUT2D eigenvalue weighted by Crippen LogP contribution is -2.31. The van der Waals surface area contributed by atoms with Crippen LogP contribution in [0, 0.1) is 0 Å². The molecule has 0 bridgehead atoms. The van der Waals surface area contributed by atoms with Crippen LogP contribution in [0.3, 0.4) is 0 Å². The normalized spacial score (nSPS) is 18.6. The van der Waals surface area contributed by atoms with E-state index in [-0.39, 0.29) is 18.2 Å². The van der Waals surface area contributed by atoms with E-state index < -0.39 is 5.92 Å². The zero-order valence-corrected chi connectivity index (χ0v) is 12.1. The van der Waals surface area contributed by atoms with Crippen molar-refractivity contribution < 1.29 is 9.59 Å². The number of rotatable bonds is 2. The number of anilines is 1. The average molecular weight is 331 g/mol. The van der Waals surface area contributed by atoms with Crippen LogP contribution < -0.4 is 4.90 Å². The molecule has 1 unspecified atom stereocenters. The van der Waals surface area contributed by atoms with E-state index in [1.807, 2.05) is 30.3 Å². The number of carbonyl (C=O) groups excluding carboxylic acids is 2. The highest BCUT2D eigenvalue weighted by molar-refractivity contribution is 9.10. The Balaban J connectivity index is 1.98. The predicted octanol–water partition coefficient (Wildman–Crippen LogP) is 2.89. The summed E-state index contributed by atoms with van der Waals surface area (Å²) in [4.78, 5) is 30.0. The molecule has 1 aromatic carbocycles. The summed E-state index contributed by atoms with van der Waals surface area (Å²) in [6, 6.07) is 12.9. The van der Waals surface area contributed by atoms with Gasteiger partial charge in [-0.1, -0.05) is 30.3 Å². The third kappa shape index (κ3) is 2.14. The second-order valence-electron chi connectivity index (χ2n) is 4.54. The van der Waals surface area contributed by atoms with Crippen LogP contribution in [0.4, 0.5) is 5.82 Å². The van der Waals surface area contributed by atoms with Crippen molar-refractivity contribution in [2.75, 3.05) is 4.90 Å². The molecule has 1 atom stereocenters. The van der Waals surface area contributed by atoms with E-state index in [4.69, 9.17) is 0 Å². The molecule has 100 valence electrons. The zero-order valence-electron chi connectivity index (χ0n) is 10.5. The molecule has 4 nitrogen and oxygen atoms in total.